The van der Waals surface area contributed by atoms with E-state index in [9.17, 15) is 13.2 Å². The van der Waals surface area contributed by atoms with Crippen molar-refractivity contribution in [3.8, 4) is 5.75 Å². The molecule has 0 aromatic heterocycles. The summed E-state index contributed by atoms with van der Waals surface area (Å²) in [5, 5.41) is 0. The molecular weight excluding hydrogens is 412 g/mol. The number of carbonyl (C=O) groups excluding carboxylic acids is 1. The van der Waals surface area contributed by atoms with E-state index in [1.54, 1.807) is 35.2 Å². The van der Waals surface area contributed by atoms with Crippen molar-refractivity contribution in [1.82, 2.24) is 4.31 Å². The highest BCUT2D eigenvalue weighted by Crippen LogP contribution is 2.31. The third-order valence-corrected chi connectivity index (χ3v) is 7.01. The molecule has 0 spiro atoms. The fourth-order valence-corrected chi connectivity index (χ4v) is 4.91. The van der Waals surface area contributed by atoms with Crippen LogP contribution < -0.4 is 9.64 Å². The van der Waals surface area contributed by atoms with Gasteiger partial charge in [-0.05, 0) is 36.8 Å². The highest BCUT2D eigenvalue weighted by Gasteiger charge is 2.31. The van der Waals surface area contributed by atoms with Gasteiger partial charge in [0, 0.05) is 6.54 Å². The molecule has 6 nitrogen and oxygen atoms in total. The average Bonchev–Trinajstić information content (AvgIpc) is 2.79. The maximum absolute atomic E-state index is 13.4. The Morgan fingerprint density at radius 3 is 2.39 bits per heavy atom. The number of para-hydroxylation sites is 2. The Morgan fingerprint density at radius 2 is 1.65 bits per heavy atom. The van der Waals surface area contributed by atoms with Gasteiger partial charge in [-0.25, -0.2) is 8.42 Å². The summed E-state index contributed by atoms with van der Waals surface area (Å²) in [6.45, 7) is 2.48. The van der Waals surface area contributed by atoms with Gasteiger partial charge in [0.15, 0.2) is 0 Å². The number of amides is 1. The molecule has 0 aliphatic carbocycles. The first kappa shape index (κ1) is 21.1. The Balaban J connectivity index is 1.65. The SMILES string of the molecule is Cc1ccc(S(=O)(=O)N(CC(=O)N2CCOc3ccccc32)Cc2ccccc2)cc1. The molecule has 7 heteroatoms. The van der Waals surface area contributed by atoms with E-state index in [-0.39, 0.29) is 23.9 Å². The molecule has 0 radical (unpaired) electrons. The summed E-state index contributed by atoms with van der Waals surface area (Å²) in [7, 11) is -3.87. The first-order chi connectivity index (χ1) is 14.9. The molecule has 31 heavy (non-hydrogen) atoms. The van der Waals surface area contributed by atoms with Crippen LogP contribution in [0.25, 0.3) is 0 Å². The third kappa shape index (κ3) is 4.62. The molecule has 1 heterocycles. The van der Waals surface area contributed by atoms with E-state index in [1.807, 2.05) is 55.5 Å². The molecule has 1 aliphatic rings. The number of aryl methyl sites for hydroxylation is 1. The number of carbonyl (C=O) groups is 1. The van der Waals surface area contributed by atoms with Crippen LogP contribution in [0.1, 0.15) is 11.1 Å². The lowest BCUT2D eigenvalue weighted by Gasteiger charge is -2.31. The van der Waals surface area contributed by atoms with E-state index in [0.717, 1.165) is 11.1 Å². The van der Waals surface area contributed by atoms with Gasteiger partial charge in [0.05, 0.1) is 23.7 Å². The van der Waals surface area contributed by atoms with Crippen LogP contribution in [0.5, 0.6) is 5.75 Å². The summed E-state index contributed by atoms with van der Waals surface area (Å²) >= 11 is 0. The molecule has 0 saturated heterocycles. The quantitative estimate of drug-likeness (QED) is 0.592. The van der Waals surface area contributed by atoms with E-state index in [0.29, 0.717) is 24.6 Å². The Morgan fingerprint density at radius 1 is 0.968 bits per heavy atom. The molecule has 160 valence electrons. The van der Waals surface area contributed by atoms with Gasteiger partial charge in [0.2, 0.25) is 15.9 Å². The lowest BCUT2D eigenvalue weighted by molar-refractivity contribution is -0.119. The molecule has 3 aromatic rings. The Labute approximate surface area is 182 Å². The van der Waals surface area contributed by atoms with Crippen molar-refractivity contribution < 1.29 is 17.9 Å². The molecule has 0 saturated carbocycles. The number of fused-ring (bicyclic) bond motifs is 1. The number of hydrogen-bond acceptors (Lipinski definition) is 4. The predicted octanol–water partition coefficient (Wildman–Crippen LogP) is 3.61. The molecular formula is C24H24N2O4S. The number of hydrogen-bond donors (Lipinski definition) is 0. The van der Waals surface area contributed by atoms with Crippen molar-refractivity contribution in [3.63, 3.8) is 0 Å². The van der Waals surface area contributed by atoms with Crippen LogP contribution in [-0.2, 0) is 21.4 Å². The number of sulfonamides is 1. The number of nitrogens with zero attached hydrogens (tertiary/aromatic N) is 2. The monoisotopic (exact) mass is 436 g/mol. The molecule has 1 aliphatic heterocycles. The van der Waals surface area contributed by atoms with Crippen LogP contribution in [-0.4, -0.2) is 38.3 Å². The average molecular weight is 437 g/mol. The minimum atomic E-state index is -3.87. The van der Waals surface area contributed by atoms with Crippen LogP contribution >= 0.6 is 0 Å². The van der Waals surface area contributed by atoms with Crippen LogP contribution in [0.3, 0.4) is 0 Å². The number of rotatable bonds is 6. The van der Waals surface area contributed by atoms with Gasteiger partial charge in [-0.15, -0.1) is 0 Å². The van der Waals surface area contributed by atoms with Crippen LogP contribution in [0.4, 0.5) is 5.69 Å². The zero-order chi connectivity index (χ0) is 21.8. The second-order valence-corrected chi connectivity index (χ2v) is 9.37. The Hall–Kier alpha value is -3.16. The smallest absolute Gasteiger partial charge is 0.243 e. The van der Waals surface area contributed by atoms with Crippen molar-refractivity contribution in [2.45, 2.75) is 18.4 Å². The van der Waals surface area contributed by atoms with Crippen molar-refractivity contribution in [2.24, 2.45) is 0 Å². The zero-order valence-electron chi connectivity index (χ0n) is 17.3. The lowest BCUT2D eigenvalue weighted by atomic mass is 10.2. The van der Waals surface area contributed by atoms with Gasteiger partial charge in [-0.1, -0.05) is 60.2 Å². The number of ether oxygens (including phenoxy) is 1. The molecule has 0 fully saturated rings. The third-order valence-electron chi connectivity index (χ3n) is 5.20. The standard InChI is InChI=1S/C24H24N2O4S/c1-19-11-13-21(14-12-19)31(28,29)25(17-20-7-3-2-4-8-20)18-24(27)26-15-16-30-23-10-6-5-9-22(23)26/h2-14H,15-18H2,1H3. The summed E-state index contributed by atoms with van der Waals surface area (Å²) in [6.07, 6.45) is 0. The van der Waals surface area contributed by atoms with E-state index >= 15 is 0 Å². The van der Waals surface area contributed by atoms with Gasteiger partial charge >= 0.3 is 0 Å². The fraction of sp³-hybridized carbons (Fsp3) is 0.208. The van der Waals surface area contributed by atoms with Crippen LogP contribution in [0.15, 0.2) is 83.8 Å². The van der Waals surface area contributed by atoms with Gasteiger partial charge in [-0.2, -0.15) is 4.31 Å². The number of benzene rings is 3. The maximum atomic E-state index is 13.4. The molecule has 0 atom stereocenters. The fourth-order valence-electron chi connectivity index (χ4n) is 3.54. The van der Waals surface area contributed by atoms with Gasteiger partial charge < -0.3 is 9.64 Å². The van der Waals surface area contributed by atoms with Gasteiger partial charge in [0.1, 0.15) is 12.4 Å². The zero-order valence-corrected chi connectivity index (χ0v) is 18.1. The van der Waals surface area contributed by atoms with E-state index in [2.05, 4.69) is 0 Å². The highest BCUT2D eigenvalue weighted by molar-refractivity contribution is 7.89. The van der Waals surface area contributed by atoms with Gasteiger partial charge in [0.25, 0.3) is 0 Å². The van der Waals surface area contributed by atoms with Crippen molar-refractivity contribution >= 4 is 21.6 Å². The summed E-state index contributed by atoms with van der Waals surface area (Å²) in [5.74, 6) is 0.334. The van der Waals surface area contributed by atoms with Crippen molar-refractivity contribution in [1.29, 1.82) is 0 Å². The van der Waals surface area contributed by atoms with Crippen LogP contribution in [0, 0.1) is 6.92 Å². The molecule has 4 rings (SSSR count). The lowest BCUT2D eigenvalue weighted by Crippen LogP contribution is -2.45. The molecule has 3 aromatic carbocycles. The second-order valence-electron chi connectivity index (χ2n) is 7.43. The van der Waals surface area contributed by atoms with Crippen LogP contribution in [0.2, 0.25) is 0 Å². The minimum Gasteiger partial charge on any atom is -0.490 e. The Bertz CT molecular complexity index is 1160. The van der Waals surface area contributed by atoms with Gasteiger partial charge in [-0.3, -0.25) is 4.79 Å². The number of anilines is 1. The second kappa shape index (κ2) is 8.91. The topological polar surface area (TPSA) is 66.9 Å². The van der Waals surface area contributed by atoms with E-state index < -0.39 is 10.0 Å². The molecule has 0 unspecified atom stereocenters. The highest BCUT2D eigenvalue weighted by atomic mass is 32.2. The first-order valence-corrected chi connectivity index (χ1v) is 11.5. The molecule has 0 N–H and O–H groups in total. The van der Waals surface area contributed by atoms with E-state index in [1.165, 1.54) is 4.31 Å². The first-order valence-electron chi connectivity index (χ1n) is 10.1. The minimum absolute atomic E-state index is 0.106. The summed E-state index contributed by atoms with van der Waals surface area (Å²) in [5.41, 5.74) is 2.44. The maximum Gasteiger partial charge on any atom is 0.243 e. The summed E-state index contributed by atoms with van der Waals surface area (Å²) in [4.78, 5) is 15.0. The normalized spacial score (nSPS) is 13.5. The van der Waals surface area contributed by atoms with E-state index in [4.69, 9.17) is 4.74 Å². The molecule has 1 amide bonds. The molecule has 0 bridgehead atoms. The summed E-state index contributed by atoms with van der Waals surface area (Å²) < 4.78 is 33.8. The summed E-state index contributed by atoms with van der Waals surface area (Å²) in [6, 6.07) is 23.3. The van der Waals surface area contributed by atoms with Crippen molar-refractivity contribution in [2.75, 3.05) is 24.6 Å². The largest absolute Gasteiger partial charge is 0.490 e. The predicted molar refractivity (Wildman–Crippen MR) is 120 cm³/mol. The Kier molecular flexibility index (Phi) is 6.06. The van der Waals surface area contributed by atoms with Crippen molar-refractivity contribution in [3.05, 3.63) is 90.0 Å².